The summed E-state index contributed by atoms with van der Waals surface area (Å²) in [7, 11) is 0. The van der Waals surface area contributed by atoms with Gasteiger partial charge in [0, 0.05) is 23.7 Å². The number of alkyl halides is 2. The molecule has 0 aromatic carbocycles. The molecule has 0 unspecified atom stereocenters. The second kappa shape index (κ2) is 8.74. The van der Waals surface area contributed by atoms with Crippen molar-refractivity contribution in [2.45, 2.75) is 45.6 Å². The fourth-order valence-electron chi connectivity index (χ4n) is 2.92. The van der Waals surface area contributed by atoms with Crippen LogP contribution in [0, 0.1) is 11.3 Å². The van der Waals surface area contributed by atoms with Gasteiger partial charge in [0.25, 0.3) is 5.91 Å². The van der Waals surface area contributed by atoms with Crippen molar-refractivity contribution in [1.29, 1.82) is 5.26 Å². The number of nitrogens with two attached hydrogens (primary N) is 1. The summed E-state index contributed by atoms with van der Waals surface area (Å²) in [5.74, 6) is -0.176. The molecule has 0 saturated carbocycles. The lowest BCUT2D eigenvalue weighted by Gasteiger charge is -2.20. The number of hydrogen-bond donors (Lipinski definition) is 3. The minimum absolute atomic E-state index is 0.0307. The minimum atomic E-state index is -2.07. The number of hydrogen-bond acceptors (Lipinski definition) is 7. The Labute approximate surface area is 183 Å². The van der Waals surface area contributed by atoms with E-state index in [-0.39, 0.29) is 23.0 Å². The summed E-state index contributed by atoms with van der Waals surface area (Å²) in [5.41, 5.74) is 4.99. The number of pyridine rings is 2. The Morgan fingerprint density at radius 3 is 2.69 bits per heavy atom. The van der Waals surface area contributed by atoms with Gasteiger partial charge >= 0.3 is 0 Å². The van der Waals surface area contributed by atoms with Gasteiger partial charge in [-0.25, -0.2) is 18.7 Å². The van der Waals surface area contributed by atoms with Crippen LogP contribution < -0.4 is 16.4 Å². The fraction of sp³-hybridized carbons (Fsp3) is 0.381. The molecule has 0 bridgehead atoms. The fourth-order valence-corrected chi connectivity index (χ4v) is 2.92. The van der Waals surface area contributed by atoms with Gasteiger partial charge in [-0.2, -0.15) is 15.0 Å². The lowest BCUT2D eigenvalue weighted by atomic mass is 10.1. The third-order valence-corrected chi connectivity index (χ3v) is 4.68. The Balaban J connectivity index is 1.97. The molecule has 0 fully saturated rings. The molecule has 11 heteroatoms. The molecule has 0 saturated heterocycles. The van der Waals surface area contributed by atoms with Gasteiger partial charge in [0.05, 0.1) is 29.6 Å². The van der Waals surface area contributed by atoms with Crippen molar-refractivity contribution in [1.82, 2.24) is 25.1 Å². The van der Waals surface area contributed by atoms with E-state index in [1.165, 1.54) is 17.1 Å². The zero-order chi connectivity index (χ0) is 23.6. The number of nitrogens with zero attached hydrogens (tertiary/aromatic N) is 5. The molecule has 1 atom stereocenters. The van der Waals surface area contributed by atoms with Gasteiger partial charge in [0.1, 0.15) is 17.6 Å². The van der Waals surface area contributed by atoms with Crippen LogP contribution in [0.4, 0.5) is 20.3 Å². The highest BCUT2D eigenvalue weighted by atomic mass is 19.2. The van der Waals surface area contributed by atoms with E-state index >= 15 is 0 Å². The standard InChI is InChI=1S/C21H24F2N8O/c1-11(2)29-15-6-17(26-9-14(15)20(32)27-10-16(22)21(3,4)23)31-19-13(8-28-31)5-12(7-24)18(25)30-19/h5-6,8-9,11,16H,10H2,1-4H3,(H2,25,30)(H,26,29)(H,27,32)/t16-/m1/s1. The van der Waals surface area contributed by atoms with Crippen LogP contribution >= 0.6 is 0 Å². The summed E-state index contributed by atoms with van der Waals surface area (Å²) in [4.78, 5) is 21.2. The van der Waals surface area contributed by atoms with E-state index in [1.54, 1.807) is 12.1 Å². The molecule has 0 spiro atoms. The van der Waals surface area contributed by atoms with Gasteiger partial charge in [-0.3, -0.25) is 4.79 Å². The van der Waals surface area contributed by atoms with Gasteiger partial charge in [-0.1, -0.05) is 0 Å². The third-order valence-electron chi connectivity index (χ3n) is 4.68. The Morgan fingerprint density at radius 1 is 1.34 bits per heavy atom. The van der Waals surface area contributed by atoms with Gasteiger partial charge in [0.2, 0.25) is 0 Å². The summed E-state index contributed by atoms with van der Waals surface area (Å²) in [6.07, 6.45) is 0.995. The second-order valence-corrected chi connectivity index (χ2v) is 8.13. The number of nitrogen functional groups attached to an aromatic ring is 1. The van der Waals surface area contributed by atoms with Crippen LogP contribution in [0.3, 0.4) is 0 Å². The van der Waals surface area contributed by atoms with E-state index in [0.29, 0.717) is 22.5 Å². The van der Waals surface area contributed by atoms with E-state index in [0.717, 1.165) is 13.8 Å². The summed E-state index contributed by atoms with van der Waals surface area (Å²) in [6, 6.07) is 5.12. The third kappa shape index (κ3) is 4.74. The van der Waals surface area contributed by atoms with E-state index < -0.39 is 24.3 Å². The Morgan fingerprint density at radius 2 is 2.06 bits per heavy atom. The number of fused-ring (bicyclic) bond motifs is 1. The SMILES string of the molecule is CC(C)Nc1cc(-n2ncc3cc(C#N)c(N)nc32)ncc1C(=O)NC[C@@H](F)C(C)(C)F. The van der Waals surface area contributed by atoms with Gasteiger partial charge in [-0.05, 0) is 33.8 Å². The molecule has 3 heterocycles. The molecular weight excluding hydrogens is 418 g/mol. The molecule has 32 heavy (non-hydrogen) atoms. The van der Waals surface area contributed by atoms with Crippen LogP contribution in [0.25, 0.3) is 16.9 Å². The summed E-state index contributed by atoms with van der Waals surface area (Å²) in [5, 5.41) is 19.6. The number of nitrogens with one attached hydrogen (secondary N) is 2. The maximum Gasteiger partial charge on any atom is 0.255 e. The van der Waals surface area contributed by atoms with Crippen LogP contribution in [0.15, 0.2) is 24.5 Å². The average Bonchev–Trinajstić information content (AvgIpc) is 3.12. The molecule has 0 aliphatic carbocycles. The van der Waals surface area contributed by atoms with Crippen LogP contribution in [0.1, 0.15) is 43.6 Å². The molecule has 1 amide bonds. The van der Waals surface area contributed by atoms with E-state index in [9.17, 15) is 13.6 Å². The van der Waals surface area contributed by atoms with Gasteiger partial charge in [-0.15, -0.1) is 0 Å². The first kappa shape index (κ1) is 22.9. The predicted molar refractivity (Wildman–Crippen MR) is 117 cm³/mol. The zero-order valence-corrected chi connectivity index (χ0v) is 18.1. The van der Waals surface area contributed by atoms with Gasteiger partial charge in [0.15, 0.2) is 17.6 Å². The van der Waals surface area contributed by atoms with Crippen molar-refractivity contribution < 1.29 is 13.6 Å². The Hall–Kier alpha value is -3.81. The first-order chi connectivity index (χ1) is 15.0. The van der Waals surface area contributed by atoms with E-state index in [1.807, 2.05) is 19.9 Å². The number of carbonyl (C=O) groups is 1. The summed E-state index contributed by atoms with van der Waals surface area (Å²) in [6.45, 7) is 5.53. The summed E-state index contributed by atoms with van der Waals surface area (Å²) < 4.78 is 29.1. The molecule has 3 aromatic rings. The van der Waals surface area contributed by atoms with Crippen molar-refractivity contribution in [3.05, 3.63) is 35.7 Å². The maximum absolute atomic E-state index is 13.9. The lowest BCUT2D eigenvalue weighted by Crippen LogP contribution is -2.39. The first-order valence-electron chi connectivity index (χ1n) is 9.93. The normalized spacial score (nSPS) is 12.6. The molecule has 0 aliphatic heterocycles. The van der Waals surface area contributed by atoms with Crippen LogP contribution in [0.5, 0.6) is 0 Å². The number of aromatic nitrogens is 4. The van der Waals surface area contributed by atoms with Crippen molar-refractivity contribution in [3.63, 3.8) is 0 Å². The van der Waals surface area contributed by atoms with Crippen molar-refractivity contribution >= 4 is 28.4 Å². The number of amides is 1. The first-order valence-corrected chi connectivity index (χ1v) is 9.93. The monoisotopic (exact) mass is 442 g/mol. The molecule has 4 N–H and O–H groups in total. The van der Waals surface area contributed by atoms with Crippen LogP contribution in [-0.4, -0.2) is 50.1 Å². The highest BCUT2D eigenvalue weighted by molar-refractivity contribution is 5.99. The van der Waals surface area contributed by atoms with Crippen molar-refractivity contribution in [2.24, 2.45) is 0 Å². The maximum atomic E-state index is 13.9. The zero-order valence-electron chi connectivity index (χ0n) is 18.1. The Kier molecular flexibility index (Phi) is 6.25. The number of nitriles is 1. The number of carbonyl (C=O) groups excluding carboxylic acids is 1. The van der Waals surface area contributed by atoms with Crippen LogP contribution in [-0.2, 0) is 0 Å². The lowest BCUT2D eigenvalue weighted by molar-refractivity contribution is 0.0759. The molecule has 3 aromatic heterocycles. The predicted octanol–water partition coefficient (Wildman–Crippen LogP) is 2.91. The number of anilines is 2. The minimum Gasteiger partial charge on any atom is -0.383 e. The van der Waals surface area contributed by atoms with E-state index in [2.05, 4.69) is 25.7 Å². The topological polar surface area (TPSA) is 135 Å². The largest absolute Gasteiger partial charge is 0.383 e. The summed E-state index contributed by atoms with van der Waals surface area (Å²) >= 11 is 0. The molecule has 3 rings (SSSR count). The molecule has 9 nitrogen and oxygen atoms in total. The van der Waals surface area contributed by atoms with E-state index in [4.69, 9.17) is 11.0 Å². The highest BCUT2D eigenvalue weighted by Crippen LogP contribution is 2.24. The molecule has 0 aliphatic rings. The molecular formula is C21H24F2N8O. The molecule has 0 radical (unpaired) electrons. The van der Waals surface area contributed by atoms with Crippen molar-refractivity contribution in [3.8, 4) is 11.9 Å². The van der Waals surface area contributed by atoms with Crippen molar-refractivity contribution in [2.75, 3.05) is 17.6 Å². The van der Waals surface area contributed by atoms with Gasteiger partial charge < -0.3 is 16.4 Å². The number of halogens is 2. The van der Waals surface area contributed by atoms with Crippen LogP contribution in [0.2, 0.25) is 0 Å². The molecule has 168 valence electrons. The Bertz CT molecular complexity index is 1190. The smallest absolute Gasteiger partial charge is 0.255 e. The quantitative estimate of drug-likeness (QED) is 0.512. The number of rotatable bonds is 7. The average molecular weight is 442 g/mol. The second-order valence-electron chi connectivity index (χ2n) is 8.13. The highest BCUT2D eigenvalue weighted by Gasteiger charge is 2.29.